The average Bonchev–Trinajstić information content (AvgIpc) is 2.78. The number of nitrogens with two attached hydrogens (primary N) is 1. The molecule has 0 unspecified atom stereocenters. The van der Waals surface area contributed by atoms with E-state index in [-0.39, 0.29) is 0 Å². The van der Waals surface area contributed by atoms with Gasteiger partial charge in [0.15, 0.2) is 0 Å². The summed E-state index contributed by atoms with van der Waals surface area (Å²) in [5.41, 5.74) is 6.35. The number of halogens is 1. The lowest BCUT2D eigenvalue weighted by molar-refractivity contribution is 0.289. The molecule has 2 rings (SSSR count). The zero-order valence-electron chi connectivity index (χ0n) is 9.92. The van der Waals surface area contributed by atoms with Crippen LogP contribution in [0.4, 0.5) is 0 Å². The van der Waals surface area contributed by atoms with Gasteiger partial charge < -0.3 is 10.5 Å². The van der Waals surface area contributed by atoms with Crippen LogP contribution in [0.1, 0.15) is 5.69 Å². The van der Waals surface area contributed by atoms with Crippen LogP contribution in [0.25, 0.3) is 0 Å². The molecule has 1 aromatic carbocycles. The largest absolute Gasteiger partial charge is 0.492 e. The fourth-order valence-corrected chi connectivity index (χ4v) is 1.70. The van der Waals surface area contributed by atoms with Gasteiger partial charge in [0, 0.05) is 17.6 Å². The van der Waals surface area contributed by atoms with Crippen molar-refractivity contribution in [2.24, 2.45) is 5.73 Å². The zero-order valence-corrected chi connectivity index (χ0v) is 10.7. The van der Waals surface area contributed by atoms with Gasteiger partial charge in [-0.05, 0) is 24.7 Å². The van der Waals surface area contributed by atoms with Crippen molar-refractivity contribution in [3.05, 3.63) is 41.2 Å². The Kier molecular flexibility index (Phi) is 4.55. The molecule has 0 aliphatic rings. The van der Waals surface area contributed by atoms with Gasteiger partial charge >= 0.3 is 0 Å². The third-order valence-corrected chi connectivity index (χ3v) is 2.61. The second-order valence-electron chi connectivity index (χ2n) is 3.82. The van der Waals surface area contributed by atoms with E-state index in [1.54, 1.807) is 10.7 Å². The minimum absolute atomic E-state index is 0.520. The van der Waals surface area contributed by atoms with Crippen molar-refractivity contribution < 1.29 is 4.74 Å². The maximum Gasteiger partial charge on any atom is 0.120 e. The summed E-state index contributed by atoms with van der Waals surface area (Å²) in [6, 6.07) is 7.31. The zero-order chi connectivity index (χ0) is 12.8. The first kappa shape index (κ1) is 12.9. The van der Waals surface area contributed by atoms with Crippen LogP contribution in [0.15, 0.2) is 30.5 Å². The second kappa shape index (κ2) is 6.37. The number of aromatic nitrogens is 3. The number of benzene rings is 1. The predicted octanol–water partition coefficient (Wildman–Crippen LogP) is 1.51. The van der Waals surface area contributed by atoms with Gasteiger partial charge in [0.05, 0.1) is 12.2 Å². The van der Waals surface area contributed by atoms with Crippen molar-refractivity contribution in [3.63, 3.8) is 0 Å². The Morgan fingerprint density at radius 2 is 2.28 bits per heavy atom. The first-order chi connectivity index (χ1) is 8.78. The molecule has 0 radical (unpaired) electrons. The summed E-state index contributed by atoms with van der Waals surface area (Å²) < 4.78 is 7.31. The lowest BCUT2D eigenvalue weighted by Crippen LogP contribution is -2.08. The summed E-state index contributed by atoms with van der Waals surface area (Å²) >= 11 is 5.86. The molecular weight excluding hydrogens is 252 g/mol. The summed E-state index contributed by atoms with van der Waals surface area (Å²) in [6.07, 6.45) is 2.63. The Labute approximate surface area is 111 Å². The molecule has 96 valence electrons. The maximum atomic E-state index is 5.86. The highest BCUT2D eigenvalue weighted by Gasteiger charge is 2.00. The molecule has 6 heteroatoms. The van der Waals surface area contributed by atoms with Gasteiger partial charge in [0.25, 0.3) is 0 Å². The van der Waals surface area contributed by atoms with Gasteiger partial charge in [-0.1, -0.05) is 22.9 Å². The average molecular weight is 267 g/mol. The topological polar surface area (TPSA) is 66.0 Å². The summed E-state index contributed by atoms with van der Waals surface area (Å²) in [7, 11) is 0. The highest BCUT2D eigenvalue weighted by molar-refractivity contribution is 6.30. The lowest BCUT2D eigenvalue weighted by atomic mass is 10.3. The van der Waals surface area contributed by atoms with E-state index in [0.717, 1.165) is 17.9 Å². The summed E-state index contributed by atoms with van der Waals surface area (Å²) in [5.74, 6) is 0.754. The molecular formula is C12H15ClN4O. The van der Waals surface area contributed by atoms with E-state index >= 15 is 0 Å². The molecule has 5 nitrogen and oxygen atoms in total. The standard InChI is InChI=1S/C12H15ClN4O/c13-10-2-1-3-12(8-10)18-7-6-17-9-11(4-5-14)15-16-17/h1-3,8-9H,4-7,14H2. The van der Waals surface area contributed by atoms with E-state index < -0.39 is 0 Å². The molecule has 0 fully saturated rings. The molecule has 18 heavy (non-hydrogen) atoms. The third-order valence-electron chi connectivity index (χ3n) is 2.37. The molecule has 1 heterocycles. The first-order valence-corrected chi connectivity index (χ1v) is 6.13. The fourth-order valence-electron chi connectivity index (χ4n) is 1.52. The Balaban J connectivity index is 1.81. The van der Waals surface area contributed by atoms with Gasteiger partial charge in [-0.15, -0.1) is 5.10 Å². The molecule has 0 atom stereocenters. The summed E-state index contributed by atoms with van der Waals surface area (Å²) in [4.78, 5) is 0. The smallest absolute Gasteiger partial charge is 0.120 e. The molecule has 2 N–H and O–H groups in total. The first-order valence-electron chi connectivity index (χ1n) is 5.75. The molecule has 0 aliphatic heterocycles. The SMILES string of the molecule is NCCc1cn(CCOc2cccc(Cl)c2)nn1. The van der Waals surface area contributed by atoms with Gasteiger partial charge in [-0.2, -0.15) is 0 Å². The van der Waals surface area contributed by atoms with E-state index in [0.29, 0.717) is 24.7 Å². The van der Waals surface area contributed by atoms with Gasteiger partial charge in [0.1, 0.15) is 12.4 Å². The minimum Gasteiger partial charge on any atom is -0.492 e. The second-order valence-corrected chi connectivity index (χ2v) is 4.25. The lowest BCUT2D eigenvalue weighted by Gasteiger charge is -2.05. The molecule has 0 bridgehead atoms. The Bertz CT molecular complexity index is 500. The Morgan fingerprint density at radius 1 is 1.39 bits per heavy atom. The summed E-state index contributed by atoms with van der Waals surface area (Å²) in [5, 5.41) is 8.66. The van der Waals surface area contributed by atoms with Gasteiger partial charge in [-0.3, -0.25) is 0 Å². The van der Waals surface area contributed by atoms with E-state index in [1.807, 2.05) is 24.4 Å². The fraction of sp³-hybridized carbons (Fsp3) is 0.333. The van der Waals surface area contributed by atoms with Crippen LogP contribution in [0.3, 0.4) is 0 Å². The van der Waals surface area contributed by atoms with Gasteiger partial charge in [-0.25, -0.2) is 4.68 Å². The van der Waals surface area contributed by atoms with Crippen molar-refractivity contribution >= 4 is 11.6 Å². The molecule has 0 amide bonds. The molecule has 1 aromatic heterocycles. The molecule has 0 saturated carbocycles. The van der Waals surface area contributed by atoms with Crippen LogP contribution in [-0.4, -0.2) is 28.1 Å². The molecule has 0 saturated heterocycles. The normalized spacial score (nSPS) is 10.6. The van der Waals surface area contributed by atoms with Crippen LogP contribution in [0.5, 0.6) is 5.75 Å². The third kappa shape index (κ3) is 3.72. The maximum absolute atomic E-state index is 5.86. The van der Waals surface area contributed by atoms with E-state index in [9.17, 15) is 0 Å². The van der Waals surface area contributed by atoms with Gasteiger partial charge in [0.2, 0.25) is 0 Å². The van der Waals surface area contributed by atoms with Crippen molar-refractivity contribution in [1.29, 1.82) is 0 Å². The monoisotopic (exact) mass is 266 g/mol. The summed E-state index contributed by atoms with van der Waals surface area (Å²) in [6.45, 7) is 1.74. The minimum atomic E-state index is 0.520. The Hall–Kier alpha value is -1.59. The highest BCUT2D eigenvalue weighted by atomic mass is 35.5. The van der Waals surface area contributed by atoms with Crippen LogP contribution in [-0.2, 0) is 13.0 Å². The number of ether oxygens (including phenoxy) is 1. The number of hydrogen-bond acceptors (Lipinski definition) is 4. The van der Waals surface area contributed by atoms with Crippen molar-refractivity contribution in [2.45, 2.75) is 13.0 Å². The molecule has 0 spiro atoms. The Morgan fingerprint density at radius 3 is 3.06 bits per heavy atom. The number of rotatable bonds is 6. The van der Waals surface area contributed by atoms with Crippen molar-refractivity contribution in [3.8, 4) is 5.75 Å². The van der Waals surface area contributed by atoms with E-state index in [4.69, 9.17) is 22.1 Å². The van der Waals surface area contributed by atoms with E-state index in [2.05, 4.69) is 10.3 Å². The van der Waals surface area contributed by atoms with Crippen LogP contribution in [0.2, 0.25) is 5.02 Å². The highest BCUT2D eigenvalue weighted by Crippen LogP contribution is 2.16. The number of hydrogen-bond donors (Lipinski definition) is 1. The molecule has 0 aliphatic carbocycles. The molecule has 2 aromatic rings. The predicted molar refractivity (Wildman–Crippen MR) is 69.7 cm³/mol. The number of nitrogens with zero attached hydrogens (tertiary/aromatic N) is 3. The quantitative estimate of drug-likeness (QED) is 0.861. The van der Waals surface area contributed by atoms with Crippen molar-refractivity contribution in [2.75, 3.05) is 13.2 Å². The van der Waals surface area contributed by atoms with E-state index in [1.165, 1.54) is 0 Å². The van der Waals surface area contributed by atoms with Crippen molar-refractivity contribution in [1.82, 2.24) is 15.0 Å². The van der Waals surface area contributed by atoms with Crippen LogP contribution in [0, 0.1) is 0 Å². The van der Waals surface area contributed by atoms with Crippen LogP contribution < -0.4 is 10.5 Å². The van der Waals surface area contributed by atoms with Crippen LogP contribution >= 0.6 is 11.6 Å².